The van der Waals surface area contributed by atoms with E-state index in [-0.39, 0.29) is 12.5 Å². The molecule has 25 heavy (non-hydrogen) atoms. The number of benzene rings is 2. The first-order chi connectivity index (χ1) is 12.2. The number of hydrogen-bond donors (Lipinski definition) is 1. The highest BCUT2D eigenvalue weighted by Crippen LogP contribution is 2.15. The number of amides is 1. The summed E-state index contributed by atoms with van der Waals surface area (Å²) in [7, 11) is 1.63. The standard InChI is InChI=1S/C19H19N3O3/c1-24-16-10-7-14(8-11-16)9-12-17(23)20-13-18-21-19(22-25-18)15-5-3-2-4-6-15/h2-8,10-11H,9,12-13H2,1H3,(H,20,23). The van der Waals surface area contributed by atoms with Crippen molar-refractivity contribution < 1.29 is 14.1 Å². The predicted octanol–water partition coefficient (Wildman–Crippen LogP) is 2.99. The third-order valence-corrected chi connectivity index (χ3v) is 3.74. The molecule has 128 valence electrons. The number of rotatable bonds is 7. The van der Waals surface area contributed by atoms with Crippen LogP contribution in [0, 0.1) is 0 Å². The molecule has 0 aliphatic rings. The highest BCUT2D eigenvalue weighted by Gasteiger charge is 2.09. The van der Waals surface area contributed by atoms with E-state index < -0.39 is 0 Å². The molecule has 0 saturated heterocycles. The van der Waals surface area contributed by atoms with Crippen molar-refractivity contribution in [2.24, 2.45) is 0 Å². The van der Waals surface area contributed by atoms with Crippen LogP contribution in [0.25, 0.3) is 11.4 Å². The van der Waals surface area contributed by atoms with Crippen molar-refractivity contribution in [3.05, 3.63) is 66.1 Å². The second-order valence-electron chi connectivity index (χ2n) is 5.50. The first kappa shape index (κ1) is 16.7. The fourth-order valence-electron chi connectivity index (χ4n) is 2.34. The fraction of sp³-hybridized carbons (Fsp3) is 0.211. The largest absolute Gasteiger partial charge is 0.497 e. The molecule has 1 aromatic heterocycles. The highest BCUT2D eigenvalue weighted by molar-refractivity contribution is 5.76. The summed E-state index contributed by atoms with van der Waals surface area (Å²) in [6.07, 6.45) is 1.06. The Balaban J connectivity index is 1.46. The molecule has 0 unspecified atom stereocenters. The Morgan fingerprint density at radius 1 is 1.12 bits per heavy atom. The summed E-state index contributed by atoms with van der Waals surface area (Å²) in [5, 5.41) is 6.72. The average molecular weight is 337 g/mol. The first-order valence-corrected chi connectivity index (χ1v) is 8.02. The molecule has 0 atom stereocenters. The van der Waals surface area contributed by atoms with Gasteiger partial charge in [0.15, 0.2) is 0 Å². The Bertz CT molecular complexity index is 813. The van der Waals surface area contributed by atoms with Crippen molar-refractivity contribution in [2.75, 3.05) is 7.11 Å². The molecule has 0 radical (unpaired) electrons. The lowest BCUT2D eigenvalue weighted by Gasteiger charge is -2.04. The maximum Gasteiger partial charge on any atom is 0.246 e. The summed E-state index contributed by atoms with van der Waals surface area (Å²) < 4.78 is 10.3. The number of nitrogens with one attached hydrogen (secondary N) is 1. The molecule has 0 spiro atoms. The second kappa shape index (κ2) is 8.10. The van der Waals surface area contributed by atoms with Crippen molar-refractivity contribution in [3.63, 3.8) is 0 Å². The van der Waals surface area contributed by atoms with E-state index in [4.69, 9.17) is 9.26 Å². The van der Waals surface area contributed by atoms with Crippen molar-refractivity contribution in [2.45, 2.75) is 19.4 Å². The molecule has 0 aliphatic heterocycles. The second-order valence-corrected chi connectivity index (χ2v) is 5.50. The molecule has 0 fully saturated rings. The number of aryl methyl sites for hydroxylation is 1. The van der Waals surface area contributed by atoms with Crippen LogP contribution in [-0.4, -0.2) is 23.2 Å². The van der Waals surface area contributed by atoms with Crippen LogP contribution in [0.15, 0.2) is 59.1 Å². The van der Waals surface area contributed by atoms with E-state index in [1.807, 2.05) is 54.6 Å². The van der Waals surface area contributed by atoms with Gasteiger partial charge in [0, 0.05) is 12.0 Å². The summed E-state index contributed by atoms with van der Waals surface area (Å²) in [6, 6.07) is 17.2. The van der Waals surface area contributed by atoms with E-state index in [2.05, 4.69) is 15.5 Å². The number of carbonyl (C=O) groups excluding carboxylic acids is 1. The lowest BCUT2D eigenvalue weighted by molar-refractivity contribution is -0.121. The summed E-state index contributed by atoms with van der Waals surface area (Å²) in [5.74, 6) is 1.65. The van der Waals surface area contributed by atoms with Crippen molar-refractivity contribution in [1.82, 2.24) is 15.5 Å². The van der Waals surface area contributed by atoms with Gasteiger partial charge < -0.3 is 14.6 Å². The van der Waals surface area contributed by atoms with Gasteiger partial charge in [0.05, 0.1) is 13.7 Å². The smallest absolute Gasteiger partial charge is 0.246 e. The monoisotopic (exact) mass is 337 g/mol. The Morgan fingerprint density at radius 3 is 2.60 bits per heavy atom. The first-order valence-electron chi connectivity index (χ1n) is 8.02. The molecular weight excluding hydrogens is 318 g/mol. The zero-order valence-corrected chi connectivity index (χ0v) is 13.9. The van der Waals surface area contributed by atoms with E-state index in [0.29, 0.717) is 24.6 Å². The van der Waals surface area contributed by atoms with Crippen molar-refractivity contribution >= 4 is 5.91 Å². The van der Waals surface area contributed by atoms with E-state index in [1.54, 1.807) is 7.11 Å². The number of nitrogens with zero attached hydrogens (tertiary/aromatic N) is 2. The SMILES string of the molecule is COc1ccc(CCC(=O)NCc2nc(-c3ccccc3)no2)cc1. The molecule has 3 rings (SSSR count). The van der Waals surface area contributed by atoms with Gasteiger partial charge >= 0.3 is 0 Å². The Hall–Kier alpha value is -3.15. The molecule has 1 N–H and O–H groups in total. The van der Waals surface area contributed by atoms with E-state index in [9.17, 15) is 4.79 Å². The predicted molar refractivity (Wildman–Crippen MR) is 92.9 cm³/mol. The van der Waals surface area contributed by atoms with Crippen molar-refractivity contribution in [3.8, 4) is 17.1 Å². The van der Waals surface area contributed by atoms with Gasteiger partial charge in [-0.25, -0.2) is 0 Å². The lowest BCUT2D eigenvalue weighted by atomic mass is 10.1. The number of ether oxygens (including phenoxy) is 1. The van der Waals surface area contributed by atoms with Gasteiger partial charge in [-0.1, -0.05) is 47.6 Å². The lowest BCUT2D eigenvalue weighted by Crippen LogP contribution is -2.23. The van der Waals surface area contributed by atoms with E-state index in [1.165, 1.54) is 0 Å². The van der Waals surface area contributed by atoms with Gasteiger partial charge in [-0.2, -0.15) is 4.98 Å². The summed E-state index contributed by atoms with van der Waals surface area (Å²) >= 11 is 0. The molecule has 6 nitrogen and oxygen atoms in total. The maximum atomic E-state index is 12.0. The molecule has 1 amide bonds. The Kier molecular flexibility index (Phi) is 5.41. The minimum absolute atomic E-state index is 0.0599. The molecule has 0 saturated carbocycles. The minimum Gasteiger partial charge on any atom is -0.497 e. The normalized spacial score (nSPS) is 10.4. The molecule has 6 heteroatoms. The van der Waals surface area contributed by atoms with Gasteiger partial charge in [0.1, 0.15) is 5.75 Å². The van der Waals surface area contributed by atoms with E-state index in [0.717, 1.165) is 16.9 Å². The summed E-state index contributed by atoms with van der Waals surface area (Å²) in [5.41, 5.74) is 1.96. The Labute approximate surface area is 145 Å². The summed E-state index contributed by atoms with van der Waals surface area (Å²) in [4.78, 5) is 16.2. The van der Waals surface area contributed by atoms with Crippen LogP contribution in [0.4, 0.5) is 0 Å². The minimum atomic E-state index is -0.0599. The molecule has 1 heterocycles. The topological polar surface area (TPSA) is 77.2 Å². The van der Waals surface area contributed by atoms with Crippen molar-refractivity contribution in [1.29, 1.82) is 0 Å². The molecule has 2 aromatic carbocycles. The van der Waals surface area contributed by atoms with Gasteiger partial charge in [0.25, 0.3) is 0 Å². The molecule has 0 aliphatic carbocycles. The van der Waals surface area contributed by atoms with Crippen LogP contribution in [-0.2, 0) is 17.8 Å². The highest BCUT2D eigenvalue weighted by atomic mass is 16.5. The summed E-state index contributed by atoms with van der Waals surface area (Å²) in [6.45, 7) is 0.223. The van der Waals surface area contributed by atoms with Gasteiger partial charge in [0.2, 0.25) is 17.6 Å². The van der Waals surface area contributed by atoms with Gasteiger partial charge in [-0.3, -0.25) is 4.79 Å². The zero-order chi connectivity index (χ0) is 17.5. The number of hydrogen-bond acceptors (Lipinski definition) is 5. The van der Waals surface area contributed by atoms with Crippen LogP contribution < -0.4 is 10.1 Å². The fourth-order valence-corrected chi connectivity index (χ4v) is 2.34. The molecular formula is C19H19N3O3. The van der Waals surface area contributed by atoms with Crippen LogP contribution in [0.5, 0.6) is 5.75 Å². The number of carbonyl (C=O) groups is 1. The third-order valence-electron chi connectivity index (χ3n) is 3.74. The van der Waals surface area contributed by atoms with E-state index >= 15 is 0 Å². The average Bonchev–Trinajstić information content (AvgIpc) is 3.15. The molecule has 3 aromatic rings. The third kappa shape index (κ3) is 4.67. The molecule has 0 bridgehead atoms. The number of methoxy groups -OCH3 is 1. The van der Waals surface area contributed by atoms with Crippen LogP contribution >= 0.6 is 0 Å². The van der Waals surface area contributed by atoms with Crippen LogP contribution in [0.2, 0.25) is 0 Å². The quantitative estimate of drug-likeness (QED) is 0.717. The van der Waals surface area contributed by atoms with Crippen LogP contribution in [0.1, 0.15) is 17.9 Å². The Morgan fingerprint density at radius 2 is 1.88 bits per heavy atom. The zero-order valence-electron chi connectivity index (χ0n) is 13.9. The van der Waals surface area contributed by atoms with Gasteiger partial charge in [-0.05, 0) is 24.1 Å². The van der Waals surface area contributed by atoms with Crippen LogP contribution in [0.3, 0.4) is 0 Å². The number of aromatic nitrogens is 2. The van der Waals surface area contributed by atoms with Gasteiger partial charge in [-0.15, -0.1) is 0 Å². The maximum absolute atomic E-state index is 12.0.